The summed E-state index contributed by atoms with van der Waals surface area (Å²) < 4.78 is 5.86. The predicted molar refractivity (Wildman–Crippen MR) is 115 cm³/mol. The molecule has 3 nitrogen and oxygen atoms in total. The van der Waals surface area contributed by atoms with Gasteiger partial charge in [0, 0.05) is 0 Å². The van der Waals surface area contributed by atoms with Gasteiger partial charge in [0.15, 0.2) is 0 Å². The highest BCUT2D eigenvalue weighted by molar-refractivity contribution is 5.88. The first-order chi connectivity index (χ1) is 14.2. The lowest BCUT2D eigenvalue weighted by Gasteiger charge is -2.09. The predicted octanol–water partition coefficient (Wildman–Crippen LogP) is 6.30. The van der Waals surface area contributed by atoms with Crippen LogP contribution in [-0.4, -0.2) is 11.1 Å². The van der Waals surface area contributed by atoms with E-state index in [1.165, 1.54) is 0 Å². The monoisotopic (exact) mass is 380 g/mol. The molecule has 4 rings (SSSR count). The van der Waals surface area contributed by atoms with Crippen molar-refractivity contribution in [1.29, 1.82) is 0 Å². The molecular weight excluding hydrogens is 360 g/mol. The van der Waals surface area contributed by atoms with Crippen LogP contribution in [0.15, 0.2) is 103 Å². The molecule has 0 spiro atoms. The maximum atomic E-state index is 11.0. The van der Waals surface area contributed by atoms with Gasteiger partial charge in [-0.3, -0.25) is 0 Å². The first kappa shape index (κ1) is 18.5. The van der Waals surface area contributed by atoms with Gasteiger partial charge < -0.3 is 9.84 Å². The molecule has 0 saturated heterocycles. The van der Waals surface area contributed by atoms with Crippen molar-refractivity contribution in [3.05, 3.63) is 114 Å². The van der Waals surface area contributed by atoms with Crippen molar-refractivity contribution in [3.63, 3.8) is 0 Å². The summed E-state index contributed by atoms with van der Waals surface area (Å²) in [4.78, 5) is 11.0. The molecule has 0 aliphatic rings. The van der Waals surface area contributed by atoms with E-state index in [4.69, 9.17) is 9.84 Å². The summed E-state index contributed by atoms with van der Waals surface area (Å²) in [5, 5.41) is 9.05. The number of ether oxygens (including phenoxy) is 1. The average Bonchev–Trinajstić information content (AvgIpc) is 2.79. The molecule has 0 radical (unpaired) electrons. The van der Waals surface area contributed by atoms with Gasteiger partial charge in [-0.25, -0.2) is 4.79 Å². The topological polar surface area (TPSA) is 46.5 Å². The van der Waals surface area contributed by atoms with Gasteiger partial charge in [0.05, 0.1) is 5.56 Å². The highest BCUT2D eigenvalue weighted by Crippen LogP contribution is 2.28. The van der Waals surface area contributed by atoms with E-state index in [9.17, 15) is 4.79 Å². The number of benzene rings is 4. The average molecular weight is 380 g/mol. The van der Waals surface area contributed by atoms with E-state index in [2.05, 4.69) is 12.1 Å². The second-order valence-electron chi connectivity index (χ2n) is 6.76. The molecule has 1 N–H and O–H groups in total. The quantitative estimate of drug-likeness (QED) is 0.427. The van der Waals surface area contributed by atoms with Crippen LogP contribution in [0, 0.1) is 0 Å². The summed E-state index contributed by atoms with van der Waals surface area (Å²) in [6, 6.07) is 33.3. The largest absolute Gasteiger partial charge is 0.489 e. The van der Waals surface area contributed by atoms with Gasteiger partial charge >= 0.3 is 5.97 Å². The highest BCUT2D eigenvalue weighted by Gasteiger charge is 2.05. The van der Waals surface area contributed by atoms with E-state index in [1.54, 1.807) is 12.1 Å². The Labute approximate surface area is 169 Å². The molecule has 0 aliphatic carbocycles. The number of hydrogen-bond acceptors (Lipinski definition) is 2. The highest BCUT2D eigenvalue weighted by atomic mass is 16.5. The van der Waals surface area contributed by atoms with Gasteiger partial charge in [0.25, 0.3) is 0 Å². The Bertz CT molecular complexity index is 1100. The molecule has 0 aromatic heterocycles. The van der Waals surface area contributed by atoms with Crippen molar-refractivity contribution in [3.8, 4) is 28.0 Å². The summed E-state index contributed by atoms with van der Waals surface area (Å²) in [6.45, 7) is 0.544. The van der Waals surface area contributed by atoms with Crippen LogP contribution in [0.2, 0.25) is 0 Å². The maximum absolute atomic E-state index is 11.0. The number of rotatable bonds is 6. The third-order valence-corrected chi connectivity index (χ3v) is 4.76. The summed E-state index contributed by atoms with van der Waals surface area (Å²) in [5.74, 6) is -0.0853. The summed E-state index contributed by atoms with van der Waals surface area (Å²) in [5.41, 5.74) is 5.65. The van der Waals surface area contributed by atoms with Crippen molar-refractivity contribution in [2.45, 2.75) is 6.61 Å². The SMILES string of the molecule is O=C(O)c1ccc(-c2cccc(-c3ccc(OCc4ccccc4)cc3)c2)cc1. The lowest BCUT2D eigenvalue weighted by atomic mass is 9.98. The second kappa shape index (κ2) is 8.44. The Morgan fingerprint density at radius 1 is 0.655 bits per heavy atom. The number of carboxylic acid groups (broad SMARTS) is 1. The first-order valence-electron chi connectivity index (χ1n) is 9.40. The molecule has 4 aromatic rings. The van der Waals surface area contributed by atoms with E-state index in [0.717, 1.165) is 33.6 Å². The molecule has 0 atom stereocenters. The Balaban J connectivity index is 1.50. The van der Waals surface area contributed by atoms with Crippen LogP contribution in [-0.2, 0) is 6.61 Å². The molecule has 0 unspecified atom stereocenters. The van der Waals surface area contributed by atoms with Crippen LogP contribution in [0.25, 0.3) is 22.3 Å². The number of carboxylic acids is 1. The summed E-state index contributed by atoms with van der Waals surface area (Å²) in [6.07, 6.45) is 0. The maximum Gasteiger partial charge on any atom is 0.335 e. The van der Waals surface area contributed by atoms with Gasteiger partial charge in [0.1, 0.15) is 12.4 Å². The third-order valence-electron chi connectivity index (χ3n) is 4.76. The first-order valence-corrected chi connectivity index (χ1v) is 9.40. The van der Waals surface area contributed by atoms with Crippen LogP contribution in [0.5, 0.6) is 5.75 Å². The van der Waals surface area contributed by atoms with E-state index in [1.807, 2.05) is 78.9 Å². The van der Waals surface area contributed by atoms with Crippen molar-refractivity contribution >= 4 is 5.97 Å². The minimum absolute atomic E-state index is 0.288. The Hall–Kier alpha value is -3.85. The third kappa shape index (κ3) is 4.53. The summed E-state index contributed by atoms with van der Waals surface area (Å²) >= 11 is 0. The fraction of sp³-hybridized carbons (Fsp3) is 0.0385. The van der Waals surface area contributed by atoms with Crippen molar-refractivity contribution in [1.82, 2.24) is 0 Å². The van der Waals surface area contributed by atoms with Crippen LogP contribution >= 0.6 is 0 Å². The minimum atomic E-state index is -0.917. The molecule has 3 heteroatoms. The standard InChI is InChI=1S/C26H20O3/c27-26(28)22-11-9-20(10-12-22)23-7-4-8-24(17-23)21-13-15-25(16-14-21)29-18-19-5-2-1-3-6-19/h1-17H,18H2,(H,27,28). The Kier molecular flexibility index (Phi) is 5.39. The van der Waals surface area contributed by atoms with Crippen molar-refractivity contribution in [2.24, 2.45) is 0 Å². The molecule has 0 amide bonds. The van der Waals surface area contributed by atoms with Crippen LogP contribution < -0.4 is 4.74 Å². The fourth-order valence-corrected chi connectivity index (χ4v) is 3.17. The molecule has 4 aromatic carbocycles. The van der Waals surface area contributed by atoms with Gasteiger partial charge in [0.2, 0.25) is 0 Å². The Morgan fingerprint density at radius 2 is 1.24 bits per heavy atom. The van der Waals surface area contributed by atoms with E-state index < -0.39 is 5.97 Å². The number of aromatic carboxylic acids is 1. The van der Waals surface area contributed by atoms with Crippen LogP contribution in [0.4, 0.5) is 0 Å². The molecule has 0 aliphatic heterocycles. The molecular formula is C26H20O3. The number of hydrogen-bond donors (Lipinski definition) is 1. The smallest absolute Gasteiger partial charge is 0.335 e. The summed E-state index contributed by atoms with van der Waals surface area (Å²) in [7, 11) is 0. The molecule has 142 valence electrons. The lowest BCUT2D eigenvalue weighted by molar-refractivity contribution is 0.0697. The lowest BCUT2D eigenvalue weighted by Crippen LogP contribution is -1.95. The van der Waals surface area contributed by atoms with Crippen LogP contribution in [0.3, 0.4) is 0 Å². The Morgan fingerprint density at radius 3 is 1.83 bits per heavy atom. The van der Waals surface area contributed by atoms with Gasteiger partial charge in [-0.15, -0.1) is 0 Å². The van der Waals surface area contributed by atoms with Crippen molar-refractivity contribution < 1.29 is 14.6 Å². The van der Waals surface area contributed by atoms with E-state index in [-0.39, 0.29) is 5.56 Å². The molecule has 0 bridgehead atoms. The van der Waals surface area contributed by atoms with Crippen LogP contribution in [0.1, 0.15) is 15.9 Å². The fourth-order valence-electron chi connectivity index (χ4n) is 3.17. The second-order valence-corrected chi connectivity index (χ2v) is 6.76. The zero-order chi connectivity index (χ0) is 20.1. The number of carbonyl (C=O) groups is 1. The zero-order valence-corrected chi connectivity index (χ0v) is 15.8. The van der Waals surface area contributed by atoms with Gasteiger partial charge in [-0.05, 0) is 58.1 Å². The van der Waals surface area contributed by atoms with Gasteiger partial charge in [-0.2, -0.15) is 0 Å². The normalized spacial score (nSPS) is 10.5. The molecule has 0 heterocycles. The van der Waals surface area contributed by atoms with Crippen molar-refractivity contribution in [2.75, 3.05) is 0 Å². The molecule has 29 heavy (non-hydrogen) atoms. The molecule has 0 fully saturated rings. The molecule has 0 saturated carbocycles. The minimum Gasteiger partial charge on any atom is -0.489 e. The zero-order valence-electron chi connectivity index (χ0n) is 15.8. The van der Waals surface area contributed by atoms with Gasteiger partial charge in [-0.1, -0.05) is 72.8 Å². The van der Waals surface area contributed by atoms with E-state index in [0.29, 0.717) is 6.61 Å². The van der Waals surface area contributed by atoms with E-state index >= 15 is 0 Å².